The van der Waals surface area contributed by atoms with E-state index in [1.165, 1.54) is 11.8 Å². The second-order valence-corrected chi connectivity index (χ2v) is 9.05. The molecule has 0 saturated heterocycles. The summed E-state index contributed by atoms with van der Waals surface area (Å²) in [6.45, 7) is 2.46. The van der Waals surface area contributed by atoms with E-state index >= 15 is 0 Å². The van der Waals surface area contributed by atoms with Gasteiger partial charge in [-0.1, -0.05) is 30.0 Å². The van der Waals surface area contributed by atoms with Crippen LogP contribution < -0.4 is 24.8 Å². The number of nitrogens with one attached hydrogen (secondary N) is 2. The Labute approximate surface area is 230 Å². The highest BCUT2D eigenvalue weighted by atomic mass is 32.2. The van der Waals surface area contributed by atoms with E-state index in [1.54, 1.807) is 48.1 Å². The highest BCUT2D eigenvalue weighted by Crippen LogP contribution is 2.24. The zero-order valence-corrected chi connectivity index (χ0v) is 22.4. The maximum Gasteiger partial charge on any atom is 0.258 e. The highest BCUT2D eigenvalue weighted by molar-refractivity contribution is 7.99. The number of carbonyl (C=O) groups is 2. The second-order valence-electron chi connectivity index (χ2n) is 8.10. The van der Waals surface area contributed by atoms with Crippen molar-refractivity contribution in [2.45, 2.75) is 18.6 Å². The number of methoxy groups -OCH3 is 1. The van der Waals surface area contributed by atoms with Crippen LogP contribution in [0.5, 0.6) is 17.2 Å². The van der Waals surface area contributed by atoms with Crippen LogP contribution in [-0.2, 0) is 16.1 Å². The molecule has 0 aliphatic heterocycles. The first kappa shape index (κ1) is 27.5. The molecule has 0 fully saturated rings. The Morgan fingerprint density at radius 2 is 1.54 bits per heavy atom. The third-order valence-electron chi connectivity index (χ3n) is 5.37. The molecule has 4 aromatic rings. The number of ether oxygens (including phenoxy) is 3. The number of carbonyl (C=O) groups excluding carboxylic acids is 2. The van der Waals surface area contributed by atoms with Crippen molar-refractivity contribution in [2.24, 2.45) is 0 Å². The molecule has 0 unspecified atom stereocenters. The number of hydrogen-bond donors (Lipinski definition) is 2. The molecular weight excluding hydrogens is 518 g/mol. The quantitative estimate of drug-likeness (QED) is 0.240. The molecule has 1 aromatic heterocycles. The van der Waals surface area contributed by atoms with Gasteiger partial charge in [0.15, 0.2) is 17.6 Å². The lowest BCUT2D eigenvalue weighted by Gasteiger charge is -2.12. The lowest BCUT2D eigenvalue weighted by atomic mass is 10.3. The molecule has 0 bridgehead atoms. The average Bonchev–Trinajstić information content (AvgIpc) is 3.38. The minimum absolute atomic E-state index is 0.110. The summed E-state index contributed by atoms with van der Waals surface area (Å²) < 4.78 is 18.0. The predicted molar refractivity (Wildman–Crippen MR) is 149 cm³/mol. The summed E-state index contributed by atoms with van der Waals surface area (Å²) in [7, 11) is 1.59. The van der Waals surface area contributed by atoms with E-state index in [4.69, 9.17) is 14.2 Å². The number of hydrogen-bond acceptors (Lipinski definition) is 8. The first-order valence-corrected chi connectivity index (χ1v) is 13.2. The summed E-state index contributed by atoms with van der Waals surface area (Å²) in [6, 6.07) is 23.6. The molecule has 1 heterocycles. The fourth-order valence-corrected chi connectivity index (χ4v) is 4.29. The Bertz CT molecular complexity index is 1360. The maximum absolute atomic E-state index is 12.6. The molecular formula is C28H29N5O5S. The van der Waals surface area contributed by atoms with E-state index in [9.17, 15) is 9.59 Å². The van der Waals surface area contributed by atoms with Crippen LogP contribution in [-0.4, -0.2) is 52.7 Å². The van der Waals surface area contributed by atoms with Crippen LogP contribution in [0.1, 0.15) is 12.7 Å². The summed E-state index contributed by atoms with van der Waals surface area (Å²) in [5.74, 6) is 2.17. The molecule has 39 heavy (non-hydrogen) atoms. The van der Waals surface area contributed by atoms with E-state index in [-0.39, 0.29) is 30.7 Å². The van der Waals surface area contributed by atoms with E-state index in [1.807, 2.05) is 49.4 Å². The van der Waals surface area contributed by atoms with Gasteiger partial charge < -0.3 is 24.8 Å². The monoisotopic (exact) mass is 547 g/mol. The summed E-state index contributed by atoms with van der Waals surface area (Å²) in [5.41, 5.74) is 1.43. The molecule has 0 saturated carbocycles. The third kappa shape index (κ3) is 7.99. The minimum Gasteiger partial charge on any atom is -0.497 e. The molecule has 2 amide bonds. The Morgan fingerprint density at radius 1 is 0.846 bits per heavy atom. The van der Waals surface area contributed by atoms with Crippen LogP contribution >= 0.6 is 11.8 Å². The average molecular weight is 548 g/mol. The van der Waals surface area contributed by atoms with Gasteiger partial charge in [-0.25, -0.2) is 0 Å². The lowest BCUT2D eigenvalue weighted by Crippen LogP contribution is -2.29. The van der Waals surface area contributed by atoms with Crippen molar-refractivity contribution in [1.82, 2.24) is 20.1 Å². The minimum atomic E-state index is -0.298. The third-order valence-corrected chi connectivity index (χ3v) is 6.30. The van der Waals surface area contributed by atoms with Gasteiger partial charge in [-0.2, -0.15) is 0 Å². The van der Waals surface area contributed by atoms with Crippen LogP contribution in [0, 0.1) is 0 Å². The number of nitrogens with zero attached hydrogens (tertiary/aromatic N) is 3. The second kappa shape index (κ2) is 13.9. The Hall–Kier alpha value is -4.51. The Morgan fingerprint density at radius 3 is 2.23 bits per heavy atom. The number of rotatable bonds is 13. The van der Waals surface area contributed by atoms with Crippen LogP contribution in [0.3, 0.4) is 0 Å². The molecule has 10 nitrogen and oxygen atoms in total. The van der Waals surface area contributed by atoms with Gasteiger partial charge in [0.05, 0.1) is 26.0 Å². The summed E-state index contributed by atoms with van der Waals surface area (Å²) in [6.07, 6.45) is 0. The van der Waals surface area contributed by atoms with Crippen LogP contribution in [0.2, 0.25) is 0 Å². The maximum atomic E-state index is 12.6. The zero-order valence-electron chi connectivity index (χ0n) is 21.6. The van der Waals surface area contributed by atoms with Crippen LogP contribution in [0.25, 0.3) is 5.69 Å². The number of thioether (sulfide) groups is 1. The Balaban J connectivity index is 1.43. The lowest BCUT2D eigenvalue weighted by molar-refractivity contribution is -0.123. The molecule has 0 aliphatic rings. The molecule has 3 aromatic carbocycles. The van der Waals surface area contributed by atoms with Crippen molar-refractivity contribution in [3.8, 4) is 22.9 Å². The van der Waals surface area contributed by atoms with Crippen molar-refractivity contribution in [3.05, 3.63) is 84.7 Å². The summed E-state index contributed by atoms with van der Waals surface area (Å²) in [5, 5.41) is 14.8. The van der Waals surface area contributed by atoms with Crippen LogP contribution in [0.15, 0.2) is 84.0 Å². The van der Waals surface area contributed by atoms with Gasteiger partial charge in [-0.05, 0) is 67.6 Å². The molecule has 2 N–H and O–H groups in total. The van der Waals surface area contributed by atoms with Gasteiger partial charge in [-0.15, -0.1) is 10.2 Å². The molecule has 0 atom stereocenters. The normalized spacial score (nSPS) is 10.5. The summed E-state index contributed by atoms with van der Waals surface area (Å²) in [4.78, 5) is 25.0. The first-order valence-electron chi connectivity index (χ1n) is 12.2. The summed E-state index contributed by atoms with van der Waals surface area (Å²) >= 11 is 1.24. The topological polar surface area (TPSA) is 117 Å². The molecule has 0 radical (unpaired) electrons. The SMILES string of the molecule is CCOc1ccc(-n2c(CNC(=O)COc3ccccc3)nnc2SCC(=O)Nc2ccc(OC)cc2)cc1. The number of benzene rings is 3. The van der Waals surface area contributed by atoms with Gasteiger partial charge in [0, 0.05) is 11.4 Å². The van der Waals surface area contributed by atoms with Gasteiger partial charge in [-0.3, -0.25) is 14.2 Å². The van der Waals surface area contributed by atoms with Crippen molar-refractivity contribution in [2.75, 3.05) is 31.4 Å². The molecule has 11 heteroatoms. The fourth-order valence-electron chi connectivity index (χ4n) is 3.52. The van der Waals surface area contributed by atoms with Crippen molar-refractivity contribution in [3.63, 3.8) is 0 Å². The molecule has 202 valence electrons. The van der Waals surface area contributed by atoms with Gasteiger partial charge in [0.2, 0.25) is 5.91 Å². The zero-order chi connectivity index (χ0) is 27.5. The van der Waals surface area contributed by atoms with Crippen molar-refractivity contribution in [1.29, 1.82) is 0 Å². The number of amides is 2. The highest BCUT2D eigenvalue weighted by Gasteiger charge is 2.17. The van der Waals surface area contributed by atoms with E-state index < -0.39 is 0 Å². The molecule has 0 spiro atoms. The van der Waals surface area contributed by atoms with Gasteiger partial charge >= 0.3 is 0 Å². The smallest absolute Gasteiger partial charge is 0.258 e. The number of aromatic nitrogens is 3. The molecule has 0 aliphatic carbocycles. The predicted octanol–water partition coefficient (Wildman–Crippen LogP) is 4.10. The fraction of sp³-hybridized carbons (Fsp3) is 0.214. The van der Waals surface area contributed by atoms with Gasteiger partial charge in [0.25, 0.3) is 5.91 Å². The Kier molecular flexibility index (Phi) is 9.79. The van der Waals surface area contributed by atoms with Crippen molar-refractivity contribution < 1.29 is 23.8 Å². The van der Waals surface area contributed by atoms with Crippen LogP contribution in [0.4, 0.5) is 5.69 Å². The van der Waals surface area contributed by atoms with E-state index in [2.05, 4.69) is 20.8 Å². The van der Waals surface area contributed by atoms with Crippen molar-refractivity contribution >= 4 is 29.3 Å². The molecule has 4 rings (SSSR count). The largest absolute Gasteiger partial charge is 0.497 e. The number of anilines is 1. The van der Waals surface area contributed by atoms with E-state index in [0.717, 1.165) is 11.4 Å². The van der Waals surface area contributed by atoms with E-state index in [0.29, 0.717) is 34.8 Å². The first-order chi connectivity index (χ1) is 19.1. The standard InChI is InChI=1S/C28H29N5O5S/c1-3-37-24-15-11-21(12-16-24)33-25(17-29-26(34)18-38-23-7-5-4-6-8-23)31-32-28(33)39-19-27(35)30-20-9-13-22(36-2)14-10-20/h4-16H,3,17-19H2,1-2H3,(H,29,34)(H,30,35). The number of para-hydroxylation sites is 1. The van der Waals surface area contributed by atoms with Gasteiger partial charge in [0.1, 0.15) is 17.2 Å².